The van der Waals surface area contributed by atoms with E-state index in [1.165, 1.54) is 57.8 Å². The quantitative estimate of drug-likeness (QED) is 0.553. The highest BCUT2D eigenvalue weighted by Crippen LogP contribution is 2.71. The average Bonchev–Trinajstić information content (AvgIpc) is 3.20. The number of hydrogen-bond acceptors (Lipinski definition) is 3. The zero-order valence-corrected chi connectivity index (χ0v) is 20.8. The minimum absolute atomic E-state index is 0.262. The lowest BCUT2D eigenvalue weighted by atomic mass is 9.44. The Hall–Kier alpha value is -0.120. The predicted molar refractivity (Wildman–Crippen MR) is 125 cm³/mol. The number of ether oxygens (including phenoxy) is 2. The molecule has 1 N–H and O–H groups in total. The number of fused-ring (bicyclic) bond motifs is 7. The largest absolute Gasteiger partial charge is 0.349 e. The fourth-order valence-corrected chi connectivity index (χ4v) is 10.5. The highest BCUT2D eigenvalue weighted by Gasteiger charge is 2.69. The molecule has 12 atom stereocenters. The molecule has 31 heavy (non-hydrogen) atoms. The first-order chi connectivity index (χ1) is 14.8. The second kappa shape index (κ2) is 7.19. The number of rotatable bonds is 1. The summed E-state index contributed by atoms with van der Waals surface area (Å²) in [5, 5.41) is 3.60. The molecular weight excluding hydrogens is 382 g/mol. The van der Waals surface area contributed by atoms with E-state index >= 15 is 0 Å². The molecule has 3 heteroatoms. The van der Waals surface area contributed by atoms with Gasteiger partial charge in [0.2, 0.25) is 0 Å². The van der Waals surface area contributed by atoms with E-state index in [0.717, 1.165) is 42.7 Å². The summed E-state index contributed by atoms with van der Waals surface area (Å²) in [4.78, 5) is 0. The van der Waals surface area contributed by atoms with Crippen LogP contribution in [0.25, 0.3) is 0 Å². The number of nitrogens with one attached hydrogen (secondary N) is 1. The maximum Gasteiger partial charge on any atom is 0.171 e. The van der Waals surface area contributed by atoms with Crippen molar-refractivity contribution in [2.24, 2.45) is 52.3 Å². The molecule has 0 radical (unpaired) electrons. The summed E-state index contributed by atoms with van der Waals surface area (Å²) in [5.41, 5.74) is 1.05. The third kappa shape index (κ3) is 2.88. The Kier molecular flexibility index (Phi) is 4.97. The Morgan fingerprint density at radius 3 is 2.39 bits per heavy atom. The Morgan fingerprint density at radius 1 is 0.839 bits per heavy atom. The summed E-state index contributed by atoms with van der Waals surface area (Å²) in [6, 6.07) is 0.762. The first kappa shape index (κ1) is 21.4. The predicted octanol–water partition coefficient (Wildman–Crippen LogP) is 6.02. The van der Waals surface area contributed by atoms with Crippen molar-refractivity contribution in [3.63, 3.8) is 0 Å². The fraction of sp³-hybridized carbons (Fsp3) is 1.00. The van der Waals surface area contributed by atoms with Crippen LogP contribution >= 0.6 is 0 Å². The smallest absolute Gasteiger partial charge is 0.171 e. The van der Waals surface area contributed by atoms with Gasteiger partial charge < -0.3 is 14.8 Å². The topological polar surface area (TPSA) is 30.5 Å². The van der Waals surface area contributed by atoms with Gasteiger partial charge in [0.1, 0.15) is 0 Å². The van der Waals surface area contributed by atoms with E-state index in [4.69, 9.17) is 9.47 Å². The zero-order valence-electron chi connectivity index (χ0n) is 20.8. The van der Waals surface area contributed by atoms with E-state index in [1.807, 2.05) is 0 Å². The van der Waals surface area contributed by atoms with Crippen LogP contribution in [0.5, 0.6) is 0 Å². The van der Waals surface area contributed by atoms with E-state index in [0.29, 0.717) is 34.7 Å². The van der Waals surface area contributed by atoms with Gasteiger partial charge >= 0.3 is 0 Å². The summed E-state index contributed by atoms with van der Waals surface area (Å²) in [7, 11) is 2.17. The summed E-state index contributed by atoms with van der Waals surface area (Å²) in [5.74, 6) is 5.40. The van der Waals surface area contributed by atoms with Crippen molar-refractivity contribution < 1.29 is 9.47 Å². The second-order valence-electron chi connectivity index (χ2n) is 13.4. The van der Waals surface area contributed by atoms with Gasteiger partial charge in [-0.05, 0) is 111 Å². The maximum absolute atomic E-state index is 6.94. The summed E-state index contributed by atoms with van der Waals surface area (Å²) in [6.07, 6.45) is 14.2. The van der Waals surface area contributed by atoms with E-state index < -0.39 is 0 Å². The third-order valence-corrected chi connectivity index (χ3v) is 12.3. The summed E-state index contributed by atoms with van der Waals surface area (Å²) in [6.45, 7) is 11.1. The molecule has 2 aliphatic heterocycles. The molecule has 4 aliphatic carbocycles. The molecule has 1 spiro atoms. The maximum atomic E-state index is 6.94. The van der Waals surface area contributed by atoms with Crippen LogP contribution < -0.4 is 5.32 Å². The van der Waals surface area contributed by atoms with Crippen LogP contribution in [-0.2, 0) is 9.47 Å². The van der Waals surface area contributed by atoms with Crippen LogP contribution in [0.3, 0.4) is 0 Å². The van der Waals surface area contributed by atoms with Crippen LogP contribution in [-0.4, -0.2) is 31.6 Å². The van der Waals surface area contributed by atoms with Crippen molar-refractivity contribution in [3.8, 4) is 0 Å². The fourth-order valence-electron chi connectivity index (χ4n) is 10.5. The molecule has 6 aliphatic rings. The Bertz CT molecular complexity index is 701. The Labute approximate surface area is 190 Å². The van der Waals surface area contributed by atoms with Gasteiger partial charge in [-0.25, -0.2) is 0 Å². The summed E-state index contributed by atoms with van der Waals surface area (Å²) < 4.78 is 13.4. The molecule has 4 saturated carbocycles. The standard InChI is InChI=1S/C28H47NO2/c1-17-8-13-28(30-16-17)18(2)25-24(31-28)15-23-21-7-6-19-14-20(29-5)9-11-26(19,3)22(21)10-12-27(23,25)4/h17-25,29H,6-16H2,1-5H3/t17-,18+,19?,20?,21?,22?,23?,24?,25+,26+,27+,28-/m1/s1. The molecule has 176 valence electrons. The van der Waals surface area contributed by atoms with Crippen molar-refractivity contribution in [3.05, 3.63) is 0 Å². The molecule has 2 heterocycles. The van der Waals surface area contributed by atoms with Crippen molar-refractivity contribution in [1.29, 1.82) is 0 Å². The minimum atomic E-state index is -0.262. The van der Waals surface area contributed by atoms with Gasteiger partial charge in [0.25, 0.3) is 0 Å². The van der Waals surface area contributed by atoms with Crippen molar-refractivity contribution in [2.75, 3.05) is 13.7 Å². The Morgan fingerprint density at radius 2 is 1.65 bits per heavy atom. The van der Waals surface area contributed by atoms with Gasteiger partial charge in [-0.3, -0.25) is 0 Å². The molecule has 6 fully saturated rings. The molecule has 0 aromatic heterocycles. The molecule has 0 aromatic rings. The lowest BCUT2D eigenvalue weighted by Crippen LogP contribution is -2.55. The monoisotopic (exact) mass is 429 g/mol. The lowest BCUT2D eigenvalue weighted by Gasteiger charge is -2.61. The van der Waals surface area contributed by atoms with Gasteiger partial charge in [0.05, 0.1) is 12.7 Å². The molecule has 6 rings (SSSR count). The van der Waals surface area contributed by atoms with Crippen molar-refractivity contribution in [1.82, 2.24) is 5.32 Å². The molecule has 0 amide bonds. The van der Waals surface area contributed by atoms with E-state index in [9.17, 15) is 0 Å². The van der Waals surface area contributed by atoms with Crippen molar-refractivity contribution in [2.45, 2.75) is 110 Å². The third-order valence-electron chi connectivity index (χ3n) is 12.3. The molecule has 0 aromatic carbocycles. The van der Waals surface area contributed by atoms with Crippen LogP contribution in [0.1, 0.15) is 91.9 Å². The van der Waals surface area contributed by atoms with E-state index in [2.05, 4.69) is 40.1 Å². The van der Waals surface area contributed by atoms with Crippen molar-refractivity contribution >= 4 is 0 Å². The lowest BCUT2D eigenvalue weighted by molar-refractivity contribution is -0.273. The minimum Gasteiger partial charge on any atom is -0.349 e. The molecule has 6 unspecified atom stereocenters. The highest BCUT2D eigenvalue weighted by atomic mass is 16.7. The molecular formula is C28H47NO2. The zero-order chi connectivity index (χ0) is 21.6. The van der Waals surface area contributed by atoms with Gasteiger partial charge in [0, 0.05) is 18.4 Å². The SMILES string of the molecule is CNC1CC[C@@]2(C)C(CCC3C2CC[C@@]2(C)C3CC3O[C@]4(CC[C@@H](C)CO4)[C@@H](C)[C@@H]32)C1. The summed E-state index contributed by atoms with van der Waals surface area (Å²) >= 11 is 0. The van der Waals surface area contributed by atoms with Gasteiger partial charge in [-0.15, -0.1) is 0 Å². The average molecular weight is 430 g/mol. The Balaban J connectivity index is 1.24. The van der Waals surface area contributed by atoms with Crippen LogP contribution in [0, 0.1) is 52.3 Å². The molecule has 0 bridgehead atoms. The van der Waals surface area contributed by atoms with E-state index in [1.54, 1.807) is 0 Å². The molecule has 3 nitrogen and oxygen atoms in total. The van der Waals surface area contributed by atoms with Crippen LogP contribution in [0.4, 0.5) is 0 Å². The number of hydrogen-bond donors (Lipinski definition) is 1. The van der Waals surface area contributed by atoms with Crippen LogP contribution in [0.15, 0.2) is 0 Å². The van der Waals surface area contributed by atoms with Gasteiger partial charge in [-0.1, -0.05) is 27.7 Å². The normalized spacial score (nSPS) is 60.9. The van der Waals surface area contributed by atoms with E-state index in [-0.39, 0.29) is 5.79 Å². The van der Waals surface area contributed by atoms with Crippen LogP contribution in [0.2, 0.25) is 0 Å². The van der Waals surface area contributed by atoms with Gasteiger partial charge in [0.15, 0.2) is 5.79 Å². The van der Waals surface area contributed by atoms with Gasteiger partial charge in [-0.2, -0.15) is 0 Å². The first-order valence-corrected chi connectivity index (χ1v) is 13.8. The highest BCUT2D eigenvalue weighted by molar-refractivity contribution is 5.15. The molecule has 2 saturated heterocycles. The second-order valence-corrected chi connectivity index (χ2v) is 13.4. The first-order valence-electron chi connectivity index (χ1n) is 13.8.